The van der Waals surface area contributed by atoms with Crippen molar-refractivity contribution in [3.8, 4) is 0 Å². The van der Waals surface area contributed by atoms with Crippen molar-refractivity contribution in [3.05, 3.63) is 39.7 Å². The molecule has 1 atom stereocenters. The molecule has 0 aliphatic heterocycles. The Balaban J connectivity index is 2.82. The number of nitro benzene ring substituents is 1. The maximum Gasteiger partial charge on any atom is 0.305 e. The molecule has 1 unspecified atom stereocenters. The van der Waals surface area contributed by atoms with Crippen LogP contribution in [-0.2, 0) is 6.54 Å². The van der Waals surface area contributed by atoms with Crippen LogP contribution in [0.4, 0.5) is 10.1 Å². The first kappa shape index (κ1) is 15.6. The number of nitro groups is 1. The second-order valence-electron chi connectivity index (χ2n) is 5.40. The SMILES string of the molecule is CC(C)CC(C)N(C)Cc1cccc([N+](=O)[O-])c1F. The molecule has 0 spiro atoms. The van der Waals surface area contributed by atoms with Crippen molar-refractivity contribution in [3.63, 3.8) is 0 Å². The molecule has 0 saturated carbocycles. The van der Waals surface area contributed by atoms with E-state index < -0.39 is 16.4 Å². The Morgan fingerprint density at radius 1 is 1.37 bits per heavy atom. The van der Waals surface area contributed by atoms with E-state index in [1.54, 1.807) is 6.07 Å². The number of halogens is 1. The van der Waals surface area contributed by atoms with Gasteiger partial charge in [-0.25, -0.2) is 0 Å². The van der Waals surface area contributed by atoms with E-state index in [-0.39, 0.29) is 0 Å². The topological polar surface area (TPSA) is 46.4 Å². The Bertz CT molecular complexity index is 449. The van der Waals surface area contributed by atoms with E-state index in [1.165, 1.54) is 12.1 Å². The van der Waals surface area contributed by atoms with Crippen LogP contribution in [0, 0.1) is 21.8 Å². The Labute approximate surface area is 113 Å². The molecule has 0 bridgehead atoms. The first-order valence-corrected chi connectivity index (χ1v) is 6.45. The Kier molecular flexibility index (Phi) is 5.42. The van der Waals surface area contributed by atoms with Gasteiger partial charge in [-0.2, -0.15) is 4.39 Å². The Morgan fingerprint density at radius 3 is 2.53 bits per heavy atom. The van der Waals surface area contributed by atoms with E-state index in [9.17, 15) is 14.5 Å². The van der Waals surface area contributed by atoms with Gasteiger partial charge in [0.15, 0.2) is 0 Å². The molecular formula is C14H21FN2O2. The lowest BCUT2D eigenvalue weighted by molar-refractivity contribution is -0.387. The lowest BCUT2D eigenvalue weighted by Gasteiger charge is -2.26. The van der Waals surface area contributed by atoms with Crippen LogP contribution in [0.5, 0.6) is 0 Å². The Hall–Kier alpha value is -1.49. The summed E-state index contributed by atoms with van der Waals surface area (Å²) in [4.78, 5) is 12.0. The largest absolute Gasteiger partial charge is 0.305 e. The molecule has 0 heterocycles. The third-order valence-electron chi connectivity index (χ3n) is 3.24. The van der Waals surface area contributed by atoms with Gasteiger partial charge in [0.2, 0.25) is 5.82 Å². The van der Waals surface area contributed by atoms with Crippen molar-refractivity contribution in [1.82, 2.24) is 4.90 Å². The summed E-state index contributed by atoms with van der Waals surface area (Å²) in [6.07, 6.45) is 1.01. The predicted molar refractivity (Wildman–Crippen MR) is 73.4 cm³/mol. The molecule has 0 aliphatic carbocycles. The number of rotatable bonds is 6. The quantitative estimate of drug-likeness (QED) is 0.585. The van der Waals surface area contributed by atoms with E-state index >= 15 is 0 Å². The summed E-state index contributed by atoms with van der Waals surface area (Å²) >= 11 is 0. The van der Waals surface area contributed by atoms with Crippen LogP contribution in [0.1, 0.15) is 32.8 Å². The maximum absolute atomic E-state index is 13.9. The summed E-state index contributed by atoms with van der Waals surface area (Å²) in [5.41, 5.74) is -0.0882. The summed E-state index contributed by atoms with van der Waals surface area (Å²) in [6.45, 7) is 6.73. The van der Waals surface area contributed by atoms with Crippen LogP contribution >= 0.6 is 0 Å². The smallest absolute Gasteiger partial charge is 0.299 e. The van der Waals surface area contributed by atoms with Gasteiger partial charge < -0.3 is 0 Å². The van der Waals surface area contributed by atoms with Crippen molar-refractivity contribution in [2.75, 3.05) is 7.05 Å². The van der Waals surface area contributed by atoms with Crippen LogP contribution in [-0.4, -0.2) is 22.9 Å². The van der Waals surface area contributed by atoms with Crippen LogP contribution in [0.3, 0.4) is 0 Å². The summed E-state index contributed by atoms with van der Waals surface area (Å²) in [5, 5.41) is 10.7. The van der Waals surface area contributed by atoms with Crippen LogP contribution in [0.25, 0.3) is 0 Å². The molecule has 0 N–H and O–H groups in total. The van der Waals surface area contributed by atoms with E-state index in [0.29, 0.717) is 24.1 Å². The first-order chi connectivity index (χ1) is 8.82. The minimum Gasteiger partial charge on any atom is -0.299 e. The lowest BCUT2D eigenvalue weighted by Crippen LogP contribution is -2.30. The van der Waals surface area contributed by atoms with Crippen molar-refractivity contribution in [1.29, 1.82) is 0 Å². The average Bonchev–Trinajstić information content (AvgIpc) is 2.30. The molecule has 0 amide bonds. The zero-order valence-corrected chi connectivity index (χ0v) is 11.9. The van der Waals surface area contributed by atoms with Crippen LogP contribution in [0.15, 0.2) is 18.2 Å². The second-order valence-corrected chi connectivity index (χ2v) is 5.40. The third kappa shape index (κ3) is 4.28. The molecule has 1 aromatic rings. The fraction of sp³-hybridized carbons (Fsp3) is 0.571. The molecule has 0 aliphatic rings. The minimum absolute atomic E-state index is 0.304. The number of hydrogen-bond donors (Lipinski definition) is 0. The maximum atomic E-state index is 13.9. The average molecular weight is 268 g/mol. The number of benzene rings is 1. The van der Waals surface area contributed by atoms with Gasteiger partial charge in [-0.15, -0.1) is 0 Å². The molecule has 1 aromatic carbocycles. The standard InChI is InChI=1S/C14H21FN2O2/c1-10(2)8-11(3)16(4)9-12-6-5-7-13(14(12)15)17(18)19/h5-7,10-11H,8-9H2,1-4H3. The molecule has 1 rings (SSSR count). The van der Waals surface area contributed by atoms with Gasteiger partial charge in [0.05, 0.1) is 4.92 Å². The van der Waals surface area contributed by atoms with Gasteiger partial charge in [-0.3, -0.25) is 15.0 Å². The number of hydrogen-bond acceptors (Lipinski definition) is 3. The fourth-order valence-electron chi connectivity index (χ4n) is 2.12. The summed E-state index contributed by atoms with van der Waals surface area (Å²) in [6, 6.07) is 4.62. The summed E-state index contributed by atoms with van der Waals surface area (Å²) < 4.78 is 13.9. The van der Waals surface area contributed by atoms with E-state index in [4.69, 9.17) is 0 Å². The molecule has 0 radical (unpaired) electrons. The highest BCUT2D eigenvalue weighted by Gasteiger charge is 2.19. The van der Waals surface area contributed by atoms with Crippen molar-refractivity contribution >= 4 is 5.69 Å². The number of nitrogens with zero attached hydrogens (tertiary/aromatic N) is 2. The molecular weight excluding hydrogens is 247 g/mol. The van der Waals surface area contributed by atoms with E-state index in [2.05, 4.69) is 20.8 Å². The predicted octanol–water partition coefficient (Wildman–Crippen LogP) is 3.60. The highest BCUT2D eigenvalue weighted by atomic mass is 19.1. The minimum atomic E-state index is -0.726. The molecule has 5 heteroatoms. The first-order valence-electron chi connectivity index (χ1n) is 6.45. The van der Waals surface area contributed by atoms with Gasteiger partial charge in [0.25, 0.3) is 0 Å². The highest BCUT2D eigenvalue weighted by Crippen LogP contribution is 2.22. The van der Waals surface area contributed by atoms with E-state index in [1.807, 2.05) is 11.9 Å². The molecule has 0 aromatic heterocycles. The lowest BCUT2D eigenvalue weighted by atomic mass is 10.0. The van der Waals surface area contributed by atoms with Crippen molar-refractivity contribution in [2.45, 2.75) is 39.8 Å². The zero-order valence-electron chi connectivity index (χ0n) is 11.9. The Morgan fingerprint density at radius 2 is 2.00 bits per heavy atom. The molecule has 0 saturated heterocycles. The molecule has 4 nitrogen and oxygen atoms in total. The van der Waals surface area contributed by atoms with Crippen LogP contribution < -0.4 is 0 Å². The zero-order chi connectivity index (χ0) is 14.6. The van der Waals surface area contributed by atoms with Gasteiger partial charge in [0, 0.05) is 24.2 Å². The second kappa shape index (κ2) is 6.61. The fourth-order valence-corrected chi connectivity index (χ4v) is 2.12. The molecule has 19 heavy (non-hydrogen) atoms. The van der Waals surface area contributed by atoms with E-state index in [0.717, 1.165) is 6.42 Å². The van der Waals surface area contributed by atoms with Crippen molar-refractivity contribution in [2.24, 2.45) is 5.92 Å². The van der Waals surface area contributed by atoms with Crippen LogP contribution in [0.2, 0.25) is 0 Å². The van der Waals surface area contributed by atoms with Gasteiger partial charge in [-0.1, -0.05) is 26.0 Å². The highest BCUT2D eigenvalue weighted by molar-refractivity contribution is 5.36. The van der Waals surface area contributed by atoms with Gasteiger partial charge >= 0.3 is 5.69 Å². The summed E-state index contributed by atoms with van der Waals surface area (Å²) in [5.74, 6) is -0.163. The normalized spacial score (nSPS) is 13.0. The monoisotopic (exact) mass is 268 g/mol. The molecule has 0 fully saturated rings. The van der Waals surface area contributed by atoms with Gasteiger partial charge in [-0.05, 0) is 26.3 Å². The molecule has 106 valence electrons. The summed E-state index contributed by atoms with van der Waals surface area (Å²) in [7, 11) is 1.91. The van der Waals surface area contributed by atoms with Crippen molar-refractivity contribution < 1.29 is 9.31 Å². The van der Waals surface area contributed by atoms with Gasteiger partial charge in [0.1, 0.15) is 0 Å². The third-order valence-corrected chi connectivity index (χ3v) is 3.24.